The third kappa shape index (κ3) is 4.94. The highest BCUT2D eigenvalue weighted by Crippen LogP contribution is 2.27. The van der Waals surface area contributed by atoms with Gasteiger partial charge >= 0.3 is 0 Å². The van der Waals surface area contributed by atoms with E-state index in [4.69, 9.17) is 4.74 Å². The molecule has 0 saturated heterocycles. The molecule has 2 N–H and O–H groups in total. The van der Waals surface area contributed by atoms with Crippen LogP contribution in [0.4, 0.5) is 0 Å². The number of hydrogen-bond donors (Lipinski definition) is 2. The number of phenols is 1. The number of hydrazone groups is 1. The molecule has 0 unspecified atom stereocenters. The van der Waals surface area contributed by atoms with E-state index in [2.05, 4.69) is 26.5 Å². The van der Waals surface area contributed by atoms with Gasteiger partial charge in [-0.1, -0.05) is 34.1 Å². The van der Waals surface area contributed by atoms with Crippen molar-refractivity contribution in [3.8, 4) is 11.5 Å². The van der Waals surface area contributed by atoms with Crippen molar-refractivity contribution in [3.63, 3.8) is 0 Å². The average Bonchev–Trinajstić information content (AvgIpc) is 2.51. The molecule has 0 spiro atoms. The largest absolute Gasteiger partial charge is 0.506 e. The monoisotopic (exact) mass is 502 g/mol. The number of aryl methyl sites for hydroxylation is 2. The number of benzene rings is 2. The molecule has 0 aliphatic rings. The zero-order valence-corrected chi connectivity index (χ0v) is 16.9. The van der Waals surface area contributed by atoms with E-state index < -0.39 is 0 Å². The van der Waals surface area contributed by atoms with E-state index in [1.165, 1.54) is 6.21 Å². The summed E-state index contributed by atoms with van der Waals surface area (Å²) in [6, 6.07) is 9.28. The Hall–Kier alpha value is -1.61. The third-order valence-corrected chi connectivity index (χ3v) is 4.49. The van der Waals surface area contributed by atoms with Gasteiger partial charge in [0.1, 0.15) is 11.5 Å². The van der Waals surface area contributed by atoms with Gasteiger partial charge in [-0.05, 0) is 59.7 Å². The molecule has 0 saturated carbocycles. The molecular formula is C17H16BrIN2O3. The van der Waals surface area contributed by atoms with E-state index in [-0.39, 0.29) is 18.3 Å². The van der Waals surface area contributed by atoms with Crippen molar-refractivity contribution in [2.45, 2.75) is 13.8 Å². The Bertz CT molecular complexity index is 773. The fourth-order valence-electron chi connectivity index (χ4n) is 2.05. The van der Waals surface area contributed by atoms with Crippen molar-refractivity contribution < 1.29 is 14.6 Å². The van der Waals surface area contributed by atoms with Gasteiger partial charge in [0.05, 0.1) is 9.78 Å². The molecule has 2 aromatic carbocycles. The van der Waals surface area contributed by atoms with Gasteiger partial charge < -0.3 is 9.84 Å². The first-order chi connectivity index (χ1) is 11.4. The van der Waals surface area contributed by atoms with Crippen molar-refractivity contribution in [1.29, 1.82) is 0 Å². The predicted octanol–water partition coefficient (Wildman–Crippen LogP) is 3.91. The molecule has 0 atom stereocenters. The van der Waals surface area contributed by atoms with Crippen LogP contribution in [0.3, 0.4) is 0 Å². The third-order valence-electron chi connectivity index (χ3n) is 3.21. The molecule has 0 bridgehead atoms. The van der Waals surface area contributed by atoms with Gasteiger partial charge in [-0.25, -0.2) is 5.43 Å². The molecule has 1 amide bonds. The Morgan fingerprint density at radius 2 is 2.04 bits per heavy atom. The van der Waals surface area contributed by atoms with Crippen molar-refractivity contribution >= 4 is 50.6 Å². The maximum absolute atomic E-state index is 11.8. The minimum Gasteiger partial charge on any atom is -0.506 e. The highest BCUT2D eigenvalue weighted by molar-refractivity contribution is 14.1. The second-order valence-corrected chi connectivity index (χ2v) is 7.21. The lowest BCUT2D eigenvalue weighted by atomic mass is 10.1. The van der Waals surface area contributed by atoms with Crippen molar-refractivity contribution in [3.05, 3.63) is 55.1 Å². The number of ether oxygens (including phenoxy) is 1. The van der Waals surface area contributed by atoms with E-state index in [1.807, 2.05) is 54.6 Å². The van der Waals surface area contributed by atoms with Gasteiger partial charge in [0.25, 0.3) is 5.91 Å². The second kappa shape index (κ2) is 8.48. The van der Waals surface area contributed by atoms with Crippen LogP contribution in [0.25, 0.3) is 0 Å². The van der Waals surface area contributed by atoms with Gasteiger partial charge in [-0.3, -0.25) is 4.79 Å². The number of amides is 1. The van der Waals surface area contributed by atoms with E-state index in [0.29, 0.717) is 14.9 Å². The SMILES string of the molecule is Cc1cccc(C)c1OCC(=O)N/N=C/c1cc(Br)cc(I)c1O. The smallest absolute Gasteiger partial charge is 0.277 e. The van der Waals surface area contributed by atoms with Crippen LogP contribution >= 0.6 is 38.5 Å². The lowest BCUT2D eigenvalue weighted by Gasteiger charge is -2.10. The van der Waals surface area contributed by atoms with Gasteiger partial charge in [-0.2, -0.15) is 5.10 Å². The van der Waals surface area contributed by atoms with Crippen molar-refractivity contribution in [2.24, 2.45) is 5.10 Å². The summed E-state index contributed by atoms with van der Waals surface area (Å²) in [5, 5.41) is 13.8. The molecule has 7 heteroatoms. The van der Waals surface area contributed by atoms with Crippen molar-refractivity contribution in [2.75, 3.05) is 6.61 Å². The Morgan fingerprint density at radius 1 is 1.38 bits per heavy atom. The zero-order valence-electron chi connectivity index (χ0n) is 13.1. The summed E-state index contributed by atoms with van der Waals surface area (Å²) in [6.45, 7) is 3.72. The van der Waals surface area contributed by atoms with Gasteiger partial charge in [0, 0.05) is 10.0 Å². The number of rotatable bonds is 5. The van der Waals surface area contributed by atoms with E-state index >= 15 is 0 Å². The molecule has 24 heavy (non-hydrogen) atoms. The summed E-state index contributed by atoms with van der Waals surface area (Å²) >= 11 is 5.36. The molecule has 5 nitrogen and oxygen atoms in total. The second-order valence-electron chi connectivity index (χ2n) is 5.13. The lowest BCUT2D eigenvalue weighted by Crippen LogP contribution is -2.25. The Morgan fingerprint density at radius 3 is 2.71 bits per heavy atom. The van der Waals surface area contributed by atoms with Crippen LogP contribution in [0.1, 0.15) is 16.7 Å². The van der Waals surface area contributed by atoms with Crippen LogP contribution in [0.2, 0.25) is 0 Å². The standard InChI is InChI=1S/C17H16BrIN2O3/c1-10-4-3-5-11(2)17(10)24-9-15(22)21-20-8-12-6-13(18)7-14(19)16(12)23/h3-8,23H,9H2,1-2H3,(H,21,22)/b20-8+. The summed E-state index contributed by atoms with van der Waals surface area (Å²) in [4.78, 5) is 11.8. The summed E-state index contributed by atoms with van der Waals surface area (Å²) in [6.07, 6.45) is 1.39. The lowest BCUT2D eigenvalue weighted by molar-refractivity contribution is -0.123. The topological polar surface area (TPSA) is 70.9 Å². The maximum Gasteiger partial charge on any atom is 0.277 e. The average molecular weight is 503 g/mol. The number of hydrogen-bond acceptors (Lipinski definition) is 4. The molecule has 126 valence electrons. The number of carbonyl (C=O) groups is 1. The van der Waals surface area contributed by atoms with E-state index in [9.17, 15) is 9.90 Å². The van der Waals surface area contributed by atoms with Crippen LogP contribution in [0, 0.1) is 17.4 Å². The number of carbonyl (C=O) groups excluding carboxylic acids is 1. The van der Waals surface area contributed by atoms with E-state index in [0.717, 1.165) is 15.6 Å². The predicted molar refractivity (Wildman–Crippen MR) is 106 cm³/mol. The molecule has 0 aliphatic carbocycles. The molecule has 0 radical (unpaired) electrons. The molecule has 2 rings (SSSR count). The molecule has 2 aromatic rings. The van der Waals surface area contributed by atoms with Crippen LogP contribution in [-0.4, -0.2) is 23.8 Å². The van der Waals surface area contributed by atoms with E-state index in [1.54, 1.807) is 12.1 Å². The number of para-hydroxylation sites is 1. The first kappa shape index (κ1) is 18.7. The van der Waals surface area contributed by atoms with Gasteiger partial charge in [0.2, 0.25) is 0 Å². The van der Waals surface area contributed by atoms with Crippen LogP contribution < -0.4 is 10.2 Å². The van der Waals surface area contributed by atoms with Gasteiger partial charge in [0.15, 0.2) is 6.61 Å². The van der Waals surface area contributed by atoms with Crippen molar-refractivity contribution in [1.82, 2.24) is 5.43 Å². The zero-order chi connectivity index (χ0) is 17.7. The molecular weight excluding hydrogens is 487 g/mol. The molecule has 0 aliphatic heterocycles. The highest BCUT2D eigenvalue weighted by Gasteiger charge is 2.07. The Labute approximate surface area is 162 Å². The minimum atomic E-state index is -0.377. The Kier molecular flexibility index (Phi) is 6.61. The van der Waals surface area contributed by atoms with Crippen LogP contribution in [0.15, 0.2) is 39.9 Å². The van der Waals surface area contributed by atoms with Crippen LogP contribution in [-0.2, 0) is 4.79 Å². The summed E-state index contributed by atoms with van der Waals surface area (Å²) in [5.74, 6) is 0.442. The Balaban J connectivity index is 1.94. The summed E-state index contributed by atoms with van der Waals surface area (Å²) in [5.41, 5.74) is 4.83. The quantitative estimate of drug-likeness (QED) is 0.370. The number of nitrogens with zero attached hydrogens (tertiary/aromatic N) is 1. The van der Waals surface area contributed by atoms with Gasteiger partial charge in [-0.15, -0.1) is 0 Å². The number of halogens is 2. The minimum absolute atomic E-state index is 0.114. The first-order valence-electron chi connectivity index (χ1n) is 7.07. The normalized spacial score (nSPS) is 10.8. The molecule has 0 fully saturated rings. The summed E-state index contributed by atoms with van der Waals surface area (Å²) < 4.78 is 7.05. The maximum atomic E-state index is 11.8. The summed E-state index contributed by atoms with van der Waals surface area (Å²) in [7, 11) is 0. The fraction of sp³-hybridized carbons (Fsp3) is 0.176. The molecule has 0 aromatic heterocycles. The fourth-order valence-corrected chi connectivity index (χ4v) is 3.61. The number of phenolic OH excluding ortho intramolecular Hbond substituents is 1. The van der Waals surface area contributed by atoms with Crippen LogP contribution in [0.5, 0.6) is 11.5 Å². The number of nitrogens with one attached hydrogen (secondary N) is 1. The highest BCUT2D eigenvalue weighted by atomic mass is 127. The first-order valence-corrected chi connectivity index (χ1v) is 8.94. The number of aromatic hydroxyl groups is 1. The molecule has 0 heterocycles.